The van der Waals surface area contributed by atoms with E-state index in [1.54, 1.807) is 36.3 Å². The Hall–Kier alpha value is -2.82. The highest BCUT2D eigenvalue weighted by molar-refractivity contribution is 6.06. The molecule has 1 fully saturated rings. The van der Waals surface area contributed by atoms with E-state index in [4.69, 9.17) is 4.74 Å². The minimum atomic E-state index is -0.167. The first-order valence-corrected chi connectivity index (χ1v) is 8.45. The largest absolute Gasteiger partial charge is 0.495 e. The van der Waals surface area contributed by atoms with Crippen molar-refractivity contribution in [1.29, 1.82) is 0 Å². The SMILES string of the molecule is COc1ccc(NC(=O)c2ccccc2C)cc1N1CCCCC1=O. The van der Waals surface area contributed by atoms with E-state index in [0.29, 0.717) is 35.7 Å². The summed E-state index contributed by atoms with van der Waals surface area (Å²) in [6.07, 6.45) is 2.43. The topological polar surface area (TPSA) is 58.6 Å². The van der Waals surface area contributed by atoms with E-state index in [2.05, 4.69) is 5.32 Å². The Morgan fingerprint density at radius 1 is 1.16 bits per heavy atom. The summed E-state index contributed by atoms with van der Waals surface area (Å²) in [5, 5.41) is 2.91. The van der Waals surface area contributed by atoms with Crippen LogP contribution in [-0.2, 0) is 4.79 Å². The van der Waals surface area contributed by atoms with Crippen molar-refractivity contribution in [2.45, 2.75) is 26.2 Å². The molecule has 0 radical (unpaired) electrons. The predicted octanol–water partition coefficient (Wildman–Crippen LogP) is 3.77. The maximum Gasteiger partial charge on any atom is 0.255 e. The first-order valence-electron chi connectivity index (χ1n) is 8.45. The second-order valence-corrected chi connectivity index (χ2v) is 6.16. The normalized spacial score (nSPS) is 14.3. The molecule has 1 saturated heterocycles. The lowest BCUT2D eigenvalue weighted by molar-refractivity contribution is -0.119. The third-order valence-corrected chi connectivity index (χ3v) is 4.44. The molecule has 1 aliphatic heterocycles. The Labute approximate surface area is 147 Å². The highest BCUT2D eigenvalue weighted by atomic mass is 16.5. The average Bonchev–Trinajstić information content (AvgIpc) is 2.62. The number of ether oxygens (including phenoxy) is 1. The molecule has 0 aliphatic carbocycles. The van der Waals surface area contributed by atoms with Gasteiger partial charge in [0.2, 0.25) is 5.91 Å². The average molecular weight is 338 g/mol. The van der Waals surface area contributed by atoms with Crippen LogP contribution in [0.25, 0.3) is 0 Å². The Morgan fingerprint density at radius 2 is 1.96 bits per heavy atom. The monoisotopic (exact) mass is 338 g/mol. The third kappa shape index (κ3) is 3.65. The van der Waals surface area contributed by atoms with E-state index in [9.17, 15) is 9.59 Å². The van der Waals surface area contributed by atoms with E-state index in [1.807, 2.05) is 25.1 Å². The van der Waals surface area contributed by atoms with Gasteiger partial charge in [0.1, 0.15) is 5.75 Å². The van der Waals surface area contributed by atoms with Crippen LogP contribution < -0.4 is 15.0 Å². The fourth-order valence-corrected chi connectivity index (χ4v) is 3.07. The molecule has 2 amide bonds. The number of carbonyl (C=O) groups excluding carboxylic acids is 2. The molecule has 130 valence electrons. The lowest BCUT2D eigenvalue weighted by Gasteiger charge is -2.28. The van der Waals surface area contributed by atoms with Crippen LogP contribution in [0.3, 0.4) is 0 Å². The maximum atomic E-state index is 12.5. The fourth-order valence-electron chi connectivity index (χ4n) is 3.07. The molecular weight excluding hydrogens is 316 g/mol. The Bertz CT molecular complexity index is 801. The van der Waals surface area contributed by atoms with Crippen molar-refractivity contribution < 1.29 is 14.3 Å². The number of methoxy groups -OCH3 is 1. The molecule has 1 heterocycles. The summed E-state index contributed by atoms with van der Waals surface area (Å²) >= 11 is 0. The van der Waals surface area contributed by atoms with Crippen molar-refractivity contribution >= 4 is 23.2 Å². The second-order valence-electron chi connectivity index (χ2n) is 6.16. The number of hydrogen-bond acceptors (Lipinski definition) is 3. The van der Waals surface area contributed by atoms with Crippen LogP contribution >= 0.6 is 0 Å². The van der Waals surface area contributed by atoms with Gasteiger partial charge in [-0.05, 0) is 49.6 Å². The Morgan fingerprint density at radius 3 is 2.68 bits per heavy atom. The highest BCUT2D eigenvalue weighted by Gasteiger charge is 2.23. The molecule has 0 spiro atoms. The highest BCUT2D eigenvalue weighted by Crippen LogP contribution is 2.33. The van der Waals surface area contributed by atoms with Gasteiger partial charge in [0.05, 0.1) is 12.8 Å². The molecule has 5 nitrogen and oxygen atoms in total. The summed E-state index contributed by atoms with van der Waals surface area (Å²) in [6.45, 7) is 2.57. The number of piperidine rings is 1. The molecule has 3 rings (SSSR count). The van der Waals surface area contributed by atoms with Crippen LogP contribution in [0.1, 0.15) is 35.2 Å². The summed E-state index contributed by atoms with van der Waals surface area (Å²) < 4.78 is 5.40. The summed E-state index contributed by atoms with van der Waals surface area (Å²) in [7, 11) is 1.58. The fraction of sp³-hybridized carbons (Fsp3) is 0.300. The number of nitrogens with zero attached hydrogens (tertiary/aromatic N) is 1. The van der Waals surface area contributed by atoms with Gasteiger partial charge in [-0.25, -0.2) is 0 Å². The van der Waals surface area contributed by atoms with Crippen LogP contribution in [0.5, 0.6) is 5.75 Å². The van der Waals surface area contributed by atoms with Gasteiger partial charge < -0.3 is 15.0 Å². The zero-order valence-corrected chi connectivity index (χ0v) is 14.5. The number of aryl methyl sites for hydroxylation is 1. The van der Waals surface area contributed by atoms with Crippen molar-refractivity contribution in [1.82, 2.24) is 0 Å². The van der Waals surface area contributed by atoms with Crippen LogP contribution in [0, 0.1) is 6.92 Å². The summed E-state index contributed by atoms with van der Waals surface area (Å²) in [5.41, 5.74) is 2.89. The zero-order valence-electron chi connectivity index (χ0n) is 14.5. The number of hydrogen-bond donors (Lipinski definition) is 1. The molecule has 0 unspecified atom stereocenters. The molecular formula is C20H22N2O3. The van der Waals surface area contributed by atoms with Gasteiger partial charge in [-0.15, -0.1) is 0 Å². The molecule has 0 aromatic heterocycles. The smallest absolute Gasteiger partial charge is 0.255 e. The lowest BCUT2D eigenvalue weighted by Crippen LogP contribution is -2.35. The first-order chi connectivity index (χ1) is 12.1. The van der Waals surface area contributed by atoms with Gasteiger partial charge in [-0.2, -0.15) is 0 Å². The summed E-state index contributed by atoms with van der Waals surface area (Å²) in [6, 6.07) is 12.8. The maximum absolute atomic E-state index is 12.5. The molecule has 0 bridgehead atoms. The van der Waals surface area contributed by atoms with Crippen molar-refractivity contribution in [2.75, 3.05) is 23.9 Å². The van der Waals surface area contributed by atoms with Crippen LogP contribution in [0.15, 0.2) is 42.5 Å². The molecule has 0 saturated carbocycles. The number of nitrogens with one attached hydrogen (secondary N) is 1. The molecule has 25 heavy (non-hydrogen) atoms. The van der Waals surface area contributed by atoms with Gasteiger partial charge in [-0.3, -0.25) is 9.59 Å². The summed E-state index contributed by atoms with van der Waals surface area (Å²) in [5.74, 6) is 0.551. The first kappa shape index (κ1) is 17.0. The lowest BCUT2D eigenvalue weighted by atomic mass is 10.1. The minimum Gasteiger partial charge on any atom is -0.495 e. The van der Waals surface area contributed by atoms with Crippen LogP contribution in [-0.4, -0.2) is 25.5 Å². The molecule has 5 heteroatoms. The standard InChI is InChI=1S/C20H22N2O3/c1-14-7-3-4-8-16(14)20(24)21-15-10-11-18(25-2)17(13-15)22-12-6-5-9-19(22)23/h3-4,7-8,10-11,13H,5-6,9,12H2,1-2H3,(H,21,24). The molecule has 0 atom stereocenters. The van der Waals surface area contributed by atoms with Gasteiger partial charge in [0, 0.05) is 24.2 Å². The van der Waals surface area contributed by atoms with E-state index in [-0.39, 0.29) is 11.8 Å². The zero-order chi connectivity index (χ0) is 17.8. The predicted molar refractivity (Wildman–Crippen MR) is 98.3 cm³/mol. The summed E-state index contributed by atoms with van der Waals surface area (Å²) in [4.78, 5) is 26.5. The number of benzene rings is 2. The van der Waals surface area contributed by atoms with E-state index >= 15 is 0 Å². The van der Waals surface area contributed by atoms with Crippen LogP contribution in [0.4, 0.5) is 11.4 Å². The van der Waals surface area contributed by atoms with Gasteiger partial charge >= 0.3 is 0 Å². The van der Waals surface area contributed by atoms with Crippen molar-refractivity contribution in [3.63, 3.8) is 0 Å². The van der Waals surface area contributed by atoms with Gasteiger partial charge in [0.25, 0.3) is 5.91 Å². The Balaban J connectivity index is 1.88. The van der Waals surface area contributed by atoms with Crippen LogP contribution in [0.2, 0.25) is 0 Å². The van der Waals surface area contributed by atoms with Gasteiger partial charge in [0.15, 0.2) is 0 Å². The number of carbonyl (C=O) groups is 2. The third-order valence-electron chi connectivity index (χ3n) is 4.44. The van der Waals surface area contributed by atoms with Crippen molar-refractivity contribution in [3.05, 3.63) is 53.6 Å². The van der Waals surface area contributed by atoms with Crippen molar-refractivity contribution in [2.24, 2.45) is 0 Å². The quantitative estimate of drug-likeness (QED) is 0.923. The number of anilines is 2. The molecule has 2 aromatic carbocycles. The van der Waals surface area contributed by atoms with Crippen molar-refractivity contribution in [3.8, 4) is 5.75 Å². The number of amides is 2. The second kappa shape index (κ2) is 7.38. The Kier molecular flexibility index (Phi) is 5.03. The van der Waals surface area contributed by atoms with Gasteiger partial charge in [-0.1, -0.05) is 18.2 Å². The molecule has 1 N–H and O–H groups in total. The van der Waals surface area contributed by atoms with E-state index in [0.717, 1.165) is 18.4 Å². The minimum absolute atomic E-state index is 0.0898. The molecule has 2 aromatic rings. The number of rotatable bonds is 4. The van der Waals surface area contributed by atoms with E-state index < -0.39 is 0 Å². The van der Waals surface area contributed by atoms with E-state index in [1.165, 1.54) is 0 Å². The molecule has 1 aliphatic rings.